The Bertz CT molecular complexity index is 259. The number of hydrogen-bond acceptors (Lipinski definition) is 4. The second-order valence-corrected chi connectivity index (χ2v) is 4.68. The van der Waals surface area contributed by atoms with Gasteiger partial charge < -0.3 is 14.5 Å². The van der Waals surface area contributed by atoms with E-state index in [9.17, 15) is 0 Å². The van der Waals surface area contributed by atoms with Gasteiger partial charge in [-0.25, -0.2) is 5.84 Å². The van der Waals surface area contributed by atoms with Crippen molar-refractivity contribution >= 4 is 5.96 Å². The van der Waals surface area contributed by atoms with Crippen LogP contribution in [0.2, 0.25) is 0 Å². The van der Waals surface area contributed by atoms with Crippen molar-refractivity contribution in [3.63, 3.8) is 0 Å². The van der Waals surface area contributed by atoms with E-state index < -0.39 is 0 Å². The van der Waals surface area contributed by atoms with E-state index in [0.29, 0.717) is 6.04 Å². The minimum absolute atomic E-state index is 0.528. The lowest BCUT2D eigenvalue weighted by Crippen LogP contribution is -2.56. The Hall–Kier alpha value is -0.850. The molecule has 0 amide bonds. The summed E-state index contributed by atoms with van der Waals surface area (Å²) in [4.78, 5) is 9.07. The van der Waals surface area contributed by atoms with E-state index in [0.717, 1.165) is 51.8 Å². The molecule has 0 aromatic carbocycles. The highest BCUT2D eigenvalue weighted by Gasteiger charge is 2.22. The Morgan fingerprint density at radius 1 is 1.50 bits per heavy atom. The Morgan fingerprint density at radius 3 is 2.89 bits per heavy atom. The van der Waals surface area contributed by atoms with Crippen LogP contribution >= 0.6 is 0 Å². The molecular weight excluding hydrogens is 230 g/mol. The summed E-state index contributed by atoms with van der Waals surface area (Å²) in [5, 5.41) is 0. The average Bonchev–Trinajstić information content (AvgIpc) is 2.37. The van der Waals surface area contributed by atoms with Gasteiger partial charge in [-0.05, 0) is 27.3 Å². The molecule has 0 spiro atoms. The van der Waals surface area contributed by atoms with Gasteiger partial charge in [0.05, 0.1) is 0 Å². The van der Waals surface area contributed by atoms with Crippen molar-refractivity contribution in [3.05, 3.63) is 0 Å². The lowest BCUT2D eigenvalue weighted by molar-refractivity contribution is 0.145. The van der Waals surface area contributed by atoms with E-state index in [2.05, 4.69) is 34.2 Å². The molecule has 6 heteroatoms. The first-order valence-corrected chi connectivity index (χ1v) is 6.73. The number of ether oxygens (including phenoxy) is 1. The number of hydrogen-bond donors (Lipinski definition) is 2. The summed E-state index contributed by atoms with van der Waals surface area (Å²) in [5.74, 6) is 6.35. The zero-order valence-corrected chi connectivity index (χ0v) is 11.9. The van der Waals surface area contributed by atoms with Crippen LogP contribution < -0.4 is 11.3 Å². The standard InChI is InChI=1S/C12H27N5O/c1-4-18-9-5-6-14-12(15-13)17-8-7-16(3)11(2)10-17/h11H,4-10,13H2,1-3H3,(H,14,15). The topological polar surface area (TPSA) is 66.1 Å². The molecule has 1 heterocycles. The third-order valence-electron chi connectivity index (χ3n) is 3.30. The minimum atomic E-state index is 0.528. The molecule has 0 aromatic heterocycles. The van der Waals surface area contributed by atoms with E-state index in [4.69, 9.17) is 10.6 Å². The summed E-state index contributed by atoms with van der Waals surface area (Å²) in [6.07, 6.45) is 0.933. The van der Waals surface area contributed by atoms with Crippen molar-refractivity contribution in [1.82, 2.24) is 15.2 Å². The van der Waals surface area contributed by atoms with E-state index >= 15 is 0 Å². The number of rotatable bonds is 5. The van der Waals surface area contributed by atoms with Gasteiger partial charge in [-0.2, -0.15) is 0 Å². The molecule has 1 unspecified atom stereocenters. The molecule has 1 rings (SSSR count). The van der Waals surface area contributed by atoms with Crippen molar-refractivity contribution in [2.24, 2.45) is 10.8 Å². The zero-order chi connectivity index (χ0) is 13.4. The maximum Gasteiger partial charge on any atom is 0.208 e. The molecule has 106 valence electrons. The lowest BCUT2D eigenvalue weighted by atomic mass is 10.2. The molecule has 3 N–H and O–H groups in total. The largest absolute Gasteiger partial charge is 0.382 e. The zero-order valence-electron chi connectivity index (χ0n) is 11.9. The molecule has 1 saturated heterocycles. The highest BCUT2D eigenvalue weighted by atomic mass is 16.5. The first kappa shape index (κ1) is 15.2. The molecule has 1 aliphatic rings. The monoisotopic (exact) mass is 257 g/mol. The van der Waals surface area contributed by atoms with Gasteiger partial charge in [0.1, 0.15) is 0 Å². The van der Waals surface area contributed by atoms with Gasteiger partial charge in [-0.3, -0.25) is 10.4 Å². The Kier molecular flexibility index (Phi) is 7.00. The Morgan fingerprint density at radius 2 is 2.28 bits per heavy atom. The normalized spacial score (nSPS) is 22.3. The van der Waals surface area contributed by atoms with Crippen LogP contribution in [0.4, 0.5) is 0 Å². The van der Waals surface area contributed by atoms with Crippen LogP contribution in [0.1, 0.15) is 20.3 Å². The SMILES string of the molecule is CCOCCCN=C(NN)N1CCN(C)C(C)C1. The second-order valence-electron chi connectivity index (χ2n) is 4.68. The van der Waals surface area contributed by atoms with Gasteiger partial charge in [0.25, 0.3) is 0 Å². The average molecular weight is 257 g/mol. The summed E-state index contributed by atoms with van der Waals surface area (Å²) in [6, 6.07) is 0.528. The minimum Gasteiger partial charge on any atom is -0.382 e. The van der Waals surface area contributed by atoms with Crippen LogP contribution in [0, 0.1) is 0 Å². The number of piperazine rings is 1. The number of aliphatic imine (C=N–C) groups is 1. The fraction of sp³-hybridized carbons (Fsp3) is 0.917. The number of likely N-dealkylation sites (N-methyl/N-ethyl adjacent to an activating group) is 1. The van der Waals surface area contributed by atoms with E-state index in [1.165, 1.54) is 0 Å². The molecule has 1 aliphatic heterocycles. The number of nitrogens with one attached hydrogen (secondary N) is 1. The number of nitrogens with two attached hydrogens (primary N) is 1. The summed E-state index contributed by atoms with van der Waals surface area (Å²) in [5.41, 5.74) is 2.71. The number of guanidine groups is 1. The predicted molar refractivity (Wildman–Crippen MR) is 74.4 cm³/mol. The summed E-state index contributed by atoms with van der Waals surface area (Å²) < 4.78 is 5.28. The first-order valence-electron chi connectivity index (χ1n) is 6.73. The fourth-order valence-electron chi connectivity index (χ4n) is 1.97. The Balaban J connectivity index is 2.37. The maximum atomic E-state index is 5.56. The van der Waals surface area contributed by atoms with Gasteiger partial charge in [0.2, 0.25) is 5.96 Å². The van der Waals surface area contributed by atoms with E-state index in [1.807, 2.05) is 6.92 Å². The quantitative estimate of drug-likeness (QED) is 0.236. The smallest absolute Gasteiger partial charge is 0.208 e. The van der Waals surface area contributed by atoms with Gasteiger partial charge in [0.15, 0.2) is 0 Å². The van der Waals surface area contributed by atoms with Crippen molar-refractivity contribution in [2.75, 3.05) is 46.4 Å². The molecule has 1 fully saturated rings. The summed E-state index contributed by atoms with van der Waals surface area (Å²) in [6.45, 7) is 9.47. The summed E-state index contributed by atoms with van der Waals surface area (Å²) >= 11 is 0. The van der Waals surface area contributed by atoms with Crippen molar-refractivity contribution in [2.45, 2.75) is 26.3 Å². The van der Waals surface area contributed by atoms with Crippen LogP contribution in [0.3, 0.4) is 0 Å². The third-order valence-corrected chi connectivity index (χ3v) is 3.30. The maximum absolute atomic E-state index is 5.56. The lowest BCUT2D eigenvalue weighted by Gasteiger charge is -2.38. The molecule has 6 nitrogen and oxygen atoms in total. The van der Waals surface area contributed by atoms with Crippen molar-refractivity contribution in [3.8, 4) is 0 Å². The van der Waals surface area contributed by atoms with Crippen LogP contribution in [0.25, 0.3) is 0 Å². The first-order chi connectivity index (χ1) is 8.69. The number of hydrazine groups is 1. The molecule has 0 bridgehead atoms. The predicted octanol–water partition coefficient (Wildman–Crippen LogP) is -0.132. The molecular formula is C12H27N5O. The highest BCUT2D eigenvalue weighted by Crippen LogP contribution is 2.06. The Labute approximate surface area is 110 Å². The van der Waals surface area contributed by atoms with Crippen LogP contribution in [-0.2, 0) is 4.74 Å². The van der Waals surface area contributed by atoms with Crippen LogP contribution in [0.5, 0.6) is 0 Å². The van der Waals surface area contributed by atoms with Gasteiger partial charge in [-0.1, -0.05) is 0 Å². The summed E-state index contributed by atoms with van der Waals surface area (Å²) in [7, 11) is 2.15. The van der Waals surface area contributed by atoms with Crippen LogP contribution in [-0.4, -0.2) is 68.2 Å². The van der Waals surface area contributed by atoms with Crippen molar-refractivity contribution < 1.29 is 4.74 Å². The molecule has 0 radical (unpaired) electrons. The van der Waals surface area contributed by atoms with Gasteiger partial charge >= 0.3 is 0 Å². The van der Waals surface area contributed by atoms with E-state index in [-0.39, 0.29) is 0 Å². The van der Waals surface area contributed by atoms with Crippen LogP contribution in [0.15, 0.2) is 4.99 Å². The fourth-order valence-corrected chi connectivity index (χ4v) is 1.97. The van der Waals surface area contributed by atoms with Gasteiger partial charge in [-0.15, -0.1) is 0 Å². The van der Waals surface area contributed by atoms with Crippen molar-refractivity contribution in [1.29, 1.82) is 0 Å². The third kappa shape index (κ3) is 4.80. The molecule has 1 atom stereocenters. The van der Waals surface area contributed by atoms with Gasteiger partial charge in [0, 0.05) is 45.4 Å². The second kappa shape index (κ2) is 8.29. The number of nitrogens with zero attached hydrogens (tertiary/aromatic N) is 3. The van der Waals surface area contributed by atoms with E-state index in [1.54, 1.807) is 0 Å². The molecule has 18 heavy (non-hydrogen) atoms. The molecule has 0 aliphatic carbocycles. The molecule has 0 aromatic rings. The molecule has 0 saturated carbocycles. The highest BCUT2D eigenvalue weighted by molar-refractivity contribution is 5.79.